The van der Waals surface area contributed by atoms with Crippen LogP contribution in [0.4, 0.5) is 0 Å². The van der Waals surface area contributed by atoms with E-state index >= 15 is 0 Å². The minimum absolute atomic E-state index is 0.345. The van der Waals surface area contributed by atoms with Crippen LogP contribution in [-0.2, 0) is 11.2 Å². The maximum absolute atomic E-state index is 11.5. The SMILES string of the molecule is CCCc1cc2c(OC(C)=O)c3ccc(OC)cc3cc2o1. The highest BCUT2D eigenvalue weighted by Crippen LogP contribution is 2.38. The summed E-state index contributed by atoms with van der Waals surface area (Å²) in [6.45, 7) is 3.50. The summed E-state index contributed by atoms with van der Waals surface area (Å²) in [6.07, 6.45) is 1.85. The number of carbonyl (C=O) groups is 1. The Morgan fingerprint density at radius 2 is 2.00 bits per heavy atom. The molecule has 0 aliphatic heterocycles. The largest absolute Gasteiger partial charge is 0.497 e. The van der Waals surface area contributed by atoms with Crippen molar-refractivity contribution in [2.45, 2.75) is 26.7 Å². The van der Waals surface area contributed by atoms with Gasteiger partial charge in [-0.25, -0.2) is 0 Å². The molecule has 4 nitrogen and oxygen atoms in total. The summed E-state index contributed by atoms with van der Waals surface area (Å²) in [6, 6.07) is 9.58. The first-order chi connectivity index (χ1) is 10.6. The Morgan fingerprint density at radius 3 is 2.68 bits per heavy atom. The molecule has 0 saturated carbocycles. The molecule has 0 saturated heterocycles. The molecule has 0 N–H and O–H groups in total. The van der Waals surface area contributed by atoms with E-state index in [1.807, 2.05) is 30.3 Å². The molecule has 114 valence electrons. The third-order valence-corrected chi connectivity index (χ3v) is 3.59. The Labute approximate surface area is 128 Å². The first-order valence-corrected chi connectivity index (χ1v) is 7.34. The maximum Gasteiger partial charge on any atom is 0.308 e. The van der Waals surface area contributed by atoms with Gasteiger partial charge >= 0.3 is 5.97 Å². The summed E-state index contributed by atoms with van der Waals surface area (Å²) in [5.74, 6) is 1.85. The quantitative estimate of drug-likeness (QED) is 0.526. The molecule has 1 aromatic heterocycles. The summed E-state index contributed by atoms with van der Waals surface area (Å²) in [5, 5.41) is 2.61. The molecule has 2 aromatic carbocycles. The summed E-state index contributed by atoms with van der Waals surface area (Å²) >= 11 is 0. The van der Waals surface area contributed by atoms with Crippen molar-refractivity contribution in [3.05, 3.63) is 36.1 Å². The van der Waals surface area contributed by atoms with Crippen LogP contribution in [0.1, 0.15) is 26.0 Å². The smallest absolute Gasteiger partial charge is 0.308 e. The second-order valence-corrected chi connectivity index (χ2v) is 5.26. The molecule has 0 fully saturated rings. The fourth-order valence-corrected chi connectivity index (χ4v) is 2.65. The number of fused-ring (bicyclic) bond motifs is 2. The molecule has 3 aromatic rings. The summed E-state index contributed by atoms with van der Waals surface area (Å²) < 4.78 is 16.6. The average Bonchev–Trinajstić information content (AvgIpc) is 2.88. The molecule has 0 bridgehead atoms. The molecular formula is C18H18O4. The predicted octanol–water partition coefficient (Wildman–Crippen LogP) is 4.47. The monoisotopic (exact) mass is 298 g/mol. The van der Waals surface area contributed by atoms with E-state index in [4.69, 9.17) is 13.9 Å². The van der Waals surface area contributed by atoms with E-state index in [9.17, 15) is 4.79 Å². The number of furan rings is 1. The lowest BCUT2D eigenvalue weighted by Gasteiger charge is -2.09. The van der Waals surface area contributed by atoms with Crippen LogP contribution in [0.15, 0.2) is 34.7 Å². The van der Waals surface area contributed by atoms with Crippen molar-refractivity contribution in [1.29, 1.82) is 0 Å². The molecule has 3 rings (SSSR count). The number of methoxy groups -OCH3 is 1. The minimum Gasteiger partial charge on any atom is -0.497 e. The van der Waals surface area contributed by atoms with Gasteiger partial charge in [0.15, 0.2) is 0 Å². The van der Waals surface area contributed by atoms with E-state index in [1.165, 1.54) is 6.92 Å². The van der Waals surface area contributed by atoms with Gasteiger partial charge in [-0.1, -0.05) is 6.92 Å². The summed E-state index contributed by atoms with van der Waals surface area (Å²) in [4.78, 5) is 11.5. The number of esters is 1. The average molecular weight is 298 g/mol. The number of benzene rings is 2. The number of hydrogen-bond donors (Lipinski definition) is 0. The zero-order valence-corrected chi connectivity index (χ0v) is 12.9. The Kier molecular flexibility index (Phi) is 3.75. The minimum atomic E-state index is -0.345. The number of ether oxygens (including phenoxy) is 2. The Morgan fingerprint density at radius 1 is 1.18 bits per heavy atom. The highest BCUT2D eigenvalue weighted by molar-refractivity contribution is 6.05. The molecule has 0 spiro atoms. The molecule has 0 radical (unpaired) electrons. The number of aryl methyl sites for hydroxylation is 1. The van der Waals surface area contributed by atoms with Crippen molar-refractivity contribution in [2.24, 2.45) is 0 Å². The van der Waals surface area contributed by atoms with Crippen molar-refractivity contribution < 1.29 is 18.7 Å². The van der Waals surface area contributed by atoms with Crippen LogP contribution in [0.25, 0.3) is 21.7 Å². The van der Waals surface area contributed by atoms with Crippen molar-refractivity contribution >= 4 is 27.7 Å². The van der Waals surface area contributed by atoms with Crippen LogP contribution in [0.2, 0.25) is 0 Å². The van der Waals surface area contributed by atoms with E-state index in [0.29, 0.717) is 5.75 Å². The Hall–Kier alpha value is -2.49. The molecule has 1 heterocycles. The molecule has 0 amide bonds. The number of carbonyl (C=O) groups excluding carboxylic acids is 1. The van der Waals surface area contributed by atoms with Crippen LogP contribution in [0.3, 0.4) is 0 Å². The number of rotatable bonds is 4. The maximum atomic E-state index is 11.5. The van der Waals surface area contributed by atoms with Crippen molar-refractivity contribution in [1.82, 2.24) is 0 Å². The first-order valence-electron chi connectivity index (χ1n) is 7.34. The molecule has 0 unspecified atom stereocenters. The Bertz CT molecular complexity index is 845. The third kappa shape index (κ3) is 2.52. The highest BCUT2D eigenvalue weighted by Gasteiger charge is 2.15. The van der Waals surface area contributed by atoms with E-state index < -0.39 is 0 Å². The lowest BCUT2D eigenvalue weighted by Crippen LogP contribution is -2.02. The van der Waals surface area contributed by atoms with E-state index in [-0.39, 0.29) is 5.97 Å². The normalized spacial score (nSPS) is 11.0. The van der Waals surface area contributed by atoms with Gasteiger partial charge in [-0.2, -0.15) is 0 Å². The van der Waals surface area contributed by atoms with E-state index in [0.717, 1.165) is 46.1 Å². The second-order valence-electron chi connectivity index (χ2n) is 5.26. The molecule has 4 heteroatoms. The van der Waals surface area contributed by atoms with Crippen LogP contribution < -0.4 is 9.47 Å². The summed E-state index contributed by atoms with van der Waals surface area (Å²) in [7, 11) is 1.62. The molecule has 0 atom stereocenters. The second kappa shape index (κ2) is 5.72. The van der Waals surface area contributed by atoms with Crippen molar-refractivity contribution in [3.8, 4) is 11.5 Å². The molecule has 0 aliphatic carbocycles. The van der Waals surface area contributed by atoms with Crippen LogP contribution >= 0.6 is 0 Å². The van der Waals surface area contributed by atoms with Gasteiger partial charge in [0.05, 0.1) is 12.5 Å². The fourth-order valence-electron chi connectivity index (χ4n) is 2.65. The zero-order valence-electron chi connectivity index (χ0n) is 12.9. The van der Waals surface area contributed by atoms with Gasteiger partial charge in [0.1, 0.15) is 22.8 Å². The van der Waals surface area contributed by atoms with Gasteiger partial charge < -0.3 is 13.9 Å². The summed E-state index contributed by atoms with van der Waals surface area (Å²) in [5.41, 5.74) is 0.723. The van der Waals surface area contributed by atoms with Gasteiger partial charge in [-0.15, -0.1) is 0 Å². The molecule has 22 heavy (non-hydrogen) atoms. The lowest BCUT2D eigenvalue weighted by molar-refractivity contribution is -0.131. The lowest BCUT2D eigenvalue weighted by atomic mass is 10.1. The molecular weight excluding hydrogens is 280 g/mol. The topological polar surface area (TPSA) is 48.7 Å². The van der Waals surface area contributed by atoms with Crippen molar-refractivity contribution in [3.63, 3.8) is 0 Å². The number of hydrogen-bond acceptors (Lipinski definition) is 4. The van der Waals surface area contributed by atoms with Gasteiger partial charge in [0.2, 0.25) is 0 Å². The van der Waals surface area contributed by atoms with E-state index in [1.54, 1.807) is 7.11 Å². The van der Waals surface area contributed by atoms with Gasteiger partial charge in [0, 0.05) is 18.7 Å². The van der Waals surface area contributed by atoms with Gasteiger partial charge in [-0.05, 0) is 42.1 Å². The Balaban J connectivity index is 2.30. The zero-order chi connectivity index (χ0) is 15.7. The van der Waals surface area contributed by atoms with Crippen LogP contribution in [0, 0.1) is 0 Å². The highest BCUT2D eigenvalue weighted by atomic mass is 16.5. The predicted molar refractivity (Wildman–Crippen MR) is 85.6 cm³/mol. The molecule has 0 aliphatic rings. The van der Waals surface area contributed by atoms with Gasteiger partial charge in [0.25, 0.3) is 0 Å². The van der Waals surface area contributed by atoms with Gasteiger partial charge in [-0.3, -0.25) is 4.79 Å². The van der Waals surface area contributed by atoms with Crippen LogP contribution in [0.5, 0.6) is 11.5 Å². The first kappa shape index (κ1) is 14.4. The van der Waals surface area contributed by atoms with E-state index in [2.05, 4.69) is 6.92 Å². The van der Waals surface area contributed by atoms with Crippen LogP contribution in [-0.4, -0.2) is 13.1 Å². The standard InChI is InChI=1S/C18H18O4/c1-4-5-14-10-16-17(22-14)9-12-8-13(20-3)6-7-15(12)18(16)21-11(2)19/h6-10H,4-5H2,1-3H3. The third-order valence-electron chi connectivity index (χ3n) is 3.59. The van der Waals surface area contributed by atoms with Crippen molar-refractivity contribution in [2.75, 3.05) is 7.11 Å². The fraction of sp³-hybridized carbons (Fsp3) is 0.278.